The Labute approximate surface area is 107 Å². The average molecular weight is 253 g/mol. The van der Waals surface area contributed by atoms with Gasteiger partial charge in [-0.05, 0) is 37.7 Å². The summed E-state index contributed by atoms with van der Waals surface area (Å²) < 4.78 is 0. The first-order valence-electron chi connectivity index (χ1n) is 6.10. The standard InChI is InChI=1S/C12H19N3OS/c1-8(13)5-11(17)14-12(16)15-6-9-3-2-4-10(9)7-15/h5,9-10H,2-4,6-7,13H2,1H3,(H,14,16,17)/t9-,10?/m1/s1. The Balaban J connectivity index is 1.85. The summed E-state index contributed by atoms with van der Waals surface area (Å²) in [5.74, 6) is 1.42. The monoisotopic (exact) mass is 253 g/mol. The van der Waals surface area contributed by atoms with Crippen LogP contribution in [0, 0.1) is 11.8 Å². The molecule has 0 aromatic heterocycles. The summed E-state index contributed by atoms with van der Waals surface area (Å²) in [7, 11) is 0. The van der Waals surface area contributed by atoms with E-state index >= 15 is 0 Å². The summed E-state index contributed by atoms with van der Waals surface area (Å²) in [6, 6.07) is -0.0816. The van der Waals surface area contributed by atoms with Gasteiger partial charge in [0.2, 0.25) is 0 Å². The van der Waals surface area contributed by atoms with Crippen LogP contribution in [0.5, 0.6) is 0 Å². The number of likely N-dealkylation sites (tertiary alicyclic amines) is 1. The molecule has 0 spiro atoms. The number of urea groups is 1. The number of nitrogens with zero attached hydrogens (tertiary/aromatic N) is 1. The van der Waals surface area contributed by atoms with Crippen LogP contribution in [0.1, 0.15) is 26.2 Å². The lowest BCUT2D eigenvalue weighted by Gasteiger charge is -2.17. The molecule has 2 rings (SSSR count). The molecule has 5 heteroatoms. The topological polar surface area (TPSA) is 58.4 Å². The highest BCUT2D eigenvalue weighted by atomic mass is 32.1. The molecule has 1 aliphatic carbocycles. The van der Waals surface area contributed by atoms with E-state index in [9.17, 15) is 4.79 Å². The van der Waals surface area contributed by atoms with E-state index in [2.05, 4.69) is 5.32 Å². The van der Waals surface area contributed by atoms with Crippen LogP contribution in [0.15, 0.2) is 11.8 Å². The van der Waals surface area contributed by atoms with Gasteiger partial charge in [0.1, 0.15) is 4.99 Å². The normalized spacial score (nSPS) is 28.1. The first-order chi connectivity index (χ1) is 8.06. The quantitative estimate of drug-likeness (QED) is 0.551. The lowest BCUT2D eigenvalue weighted by Crippen LogP contribution is -2.41. The Morgan fingerprint density at radius 2 is 2.00 bits per heavy atom. The van der Waals surface area contributed by atoms with Crippen molar-refractivity contribution < 1.29 is 4.79 Å². The van der Waals surface area contributed by atoms with Gasteiger partial charge in [-0.2, -0.15) is 0 Å². The zero-order valence-electron chi connectivity index (χ0n) is 10.1. The second-order valence-corrected chi connectivity index (χ2v) is 5.48. The fraction of sp³-hybridized carbons (Fsp3) is 0.667. The van der Waals surface area contributed by atoms with Crippen molar-refractivity contribution in [1.82, 2.24) is 10.2 Å². The maximum Gasteiger partial charge on any atom is 0.322 e. The number of hydrogen-bond acceptors (Lipinski definition) is 3. The Morgan fingerprint density at radius 3 is 2.53 bits per heavy atom. The van der Waals surface area contributed by atoms with E-state index in [4.69, 9.17) is 18.0 Å². The number of allylic oxidation sites excluding steroid dienone is 1. The van der Waals surface area contributed by atoms with Gasteiger partial charge >= 0.3 is 6.03 Å². The number of rotatable bonds is 1. The van der Waals surface area contributed by atoms with Crippen LogP contribution in [0.2, 0.25) is 0 Å². The molecule has 1 heterocycles. The van der Waals surface area contributed by atoms with E-state index in [1.165, 1.54) is 19.3 Å². The molecule has 1 saturated heterocycles. The molecule has 1 unspecified atom stereocenters. The van der Waals surface area contributed by atoms with Crippen LogP contribution in [-0.4, -0.2) is 29.0 Å². The number of amides is 2. The molecule has 2 atom stereocenters. The van der Waals surface area contributed by atoms with Gasteiger partial charge in [0.05, 0.1) is 0 Å². The van der Waals surface area contributed by atoms with Gasteiger partial charge in [-0.15, -0.1) is 0 Å². The second kappa shape index (κ2) is 5.04. The molecule has 0 aromatic carbocycles. The van der Waals surface area contributed by atoms with Crippen molar-refractivity contribution in [3.05, 3.63) is 11.8 Å². The number of nitrogens with one attached hydrogen (secondary N) is 1. The minimum atomic E-state index is -0.0816. The molecule has 1 saturated carbocycles. The van der Waals surface area contributed by atoms with Gasteiger partial charge in [0.15, 0.2) is 0 Å². The summed E-state index contributed by atoms with van der Waals surface area (Å²) in [5, 5.41) is 2.70. The number of thiocarbonyl (C=S) groups is 1. The van der Waals surface area contributed by atoms with E-state index in [1.54, 1.807) is 13.0 Å². The number of nitrogens with two attached hydrogens (primary N) is 1. The van der Waals surface area contributed by atoms with Gasteiger partial charge in [-0.25, -0.2) is 4.79 Å². The number of carbonyl (C=O) groups is 1. The average Bonchev–Trinajstić information content (AvgIpc) is 2.73. The zero-order chi connectivity index (χ0) is 12.4. The largest absolute Gasteiger partial charge is 0.402 e. The third-order valence-electron chi connectivity index (χ3n) is 3.60. The highest BCUT2D eigenvalue weighted by Gasteiger charge is 2.37. The van der Waals surface area contributed by atoms with Crippen molar-refractivity contribution in [1.29, 1.82) is 0 Å². The molecule has 2 aliphatic rings. The summed E-state index contributed by atoms with van der Waals surface area (Å²) in [5.41, 5.74) is 6.11. The first kappa shape index (κ1) is 12.4. The van der Waals surface area contributed by atoms with Crippen LogP contribution in [0.25, 0.3) is 0 Å². The van der Waals surface area contributed by atoms with Crippen LogP contribution in [0.4, 0.5) is 4.79 Å². The maximum atomic E-state index is 11.9. The summed E-state index contributed by atoms with van der Waals surface area (Å²) in [6.07, 6.45) is 5.45. The Kier molecular flexibility index (Phi) is 3.66. The number of fused-ring (bicyclic) bond motifs is 1. The van der Waals surface area contributed by atoms with Crippen molar-refractivity contribution in [2.24, 2.45) is 17.6 Å². The van der Waals surface area contributed by atoms with E-state index in [0.717, 1.165) is 13.1 Å². The van der Waals surface area contributed by atoms with Gasteiger partial charge in [0.25, 0.3) is 0 Å². The lowest BCUT2D eigenvalue weighted by molar-refractivity contribution is 0.210. The fourth-order valence-corrected chi connectivity index (χ4v) is 3.10. The summed E-state index contributed by atoms with van der Waals surface area (Å²) in [6.45, 7) is 3.51. The third kappa shape index (κ3) is 2.97. The molecule has 2 amide bonds. The summed E-state index contributed by atoms with van der Waals surface area (Å²) >= 11 is 5.03. The van der Waals surface area contributed by atoms with E-state index in [0.29, 0.717) is 22.5 Å². The summed E-state index contributed by atoms with van der Waals surface area (Å²) in [4.78, 5) is 14.2. The predicted octanol–water partition coefficient (Wildman–Crippen LogP) is 1.62. The highest BCUT2D eigenvalue weighted by molar-refractivity contribution is 7.80. The molecule has 3 N–H and O–H groups in total. The smallest absolute Gasteiger partial charge is 0.322 e. The van der Waals surface area contributed by atoms with Crippen LogP contribution >= 0.6 is 12.2 Å². The van der Waals surface area contributed by atoms with Crippen LogP contribution in [0.3, 0.4) is 0 Å². The van der Waals surface area contributed by atoms with E-state index in [-0.39, 0.29) is 6.03 Å². The molecular formula is C12H19N3OS. The second-order valence-electron chi connectivity index (χ2n) is 5.04. The molecule has 2 fully saturated rings. The third-order valence-corrected chi connectivity index (χ3v) is 3.82. The fourth-order valence-electron chi connectivity index (χ4n) is 2.83. The van der Waals surface area contributed by atoms with E-state index in [1.807, 2.05) is 4.90 Å². The van der Waals surface area contributed by atoms with Crippen molar-refractivity contribution in [3.8, 4) is 0 Å². The minimum absolute atomic E-state index is 0.0816. The predicted molar refractivity (Wildman–Crippen MR) is 71.5 cm³/mol. The Hall–Kier alpha value is -1.10. The zero-order valence-corrected chi connectivity index (χ0v) is 10.9. The molecule has 17 heavy (non-hydrogen) atoms. The molecular weight excluding hydrogens is 234 g/mol. The number of hydrogen-bond donors (Lipinski definition) is 2. The van der Waals surface area contributed by atoms with Gasteiger partial charge in [-0.1, -0.05) is 18.6 Å². The lowest BCUT2D eigenvalue weighted by atomic mass is 10.0. The maximum absolute atomic E-state index is 11.9. The molecule has 0 radical (unpaired) electrons. The Bertz CT molecular complexity index is 351. The van der Waals surface area contributed by atoms with Crippen molar-refractivity contribution in [2.45, 2.75) is 26.2 Å². The highest BCUT2D eigenvalue weighted by Crippen LogP contribution is 2.37. The molecule has 1 aliphatic heterocycles. The van der Waals surface area contributed by atoms with Gasteiger partial charge in [0, 0.05) is 18.8 Å². The van der Waals surface area contributed by atoms with Gasteiger partial charge in [-0.3, -0.25) is 5.32 Å². The molecule has 0 bridgehead atoms. The Morgan fingerprint density at radius 1 is 1.41 bits per heavy atom. The van der Waals surface area contributed by atoms with Crippen molar-refractivity contribution >= 4 is 23.2 Å². The SMILES string of the molecule is CC(N)=CC(=S)NC(=O)N1CC2CCC[C@@H]2C1. The van der Waals surface area contributed by atoms with Crippen molar-refractivity contribution in [3.63, 3.8) is 0 Å². The minimum Gasteiger partial charge on any atom is -0.402 e. The first-order valence-corrected chi connectivity index (χ1v) is 6.50. The van der Waals surface area contributed by atoms with Crippen LogP contribution in [-0.2, 0) is 0 Å². The molecule has 94 valence electrons. The van der Waals surface area contributed by atoms with Crippen LogP contribution < -0.4 is 11.1 Å². The number of carbonyl (C=O) groups excluding carboxylic acids is 1. The van der Waals surface area contributed by atoms with E-state index < -0.39 is 0 Å². The van der Waals surface area contributed by atoms with Crippen molar-refractivity contribution in [2.75, 3.05) is 13.1 Å². The molecule has 0 aromatic rings. The molecule has 4 nitrogen and oxygen atoms in total. The van der Waals surface area contributed by atoms with Gasteiger partial charge < -0.3 is 10.6 Å².